The maximum Gasteiger partial charge on any atom is 0.254 e. The van der Waals surface area contributed by atoms with Crippen LogP contribution in [0.1, 0.15) is 27.5 Å². The van der Waals surface area contributed by atoms with Crippen molar-refractivity contribution >= 4 is 5.91 Å². The van der Waals surface area contributed by atoms with Crippen LogP contribution in [-0.4, -0.2) is 45.0 Å². The highest BCUT2D eigenvalue weighted by Crippen LogP contribution is 2.40. The van der Waals surface area contributed by atoms with Gasteiger partial charge < -0.3 is 28.6 Å². The molecule has 5 rings (SSSR count). The van der Waals surface area contributed by atoms with E-state index in [1.165, 1.54) is 12.1 Å². The van der Waals surface area contributed by atoms with Crippen LogP contribution in [0.3, 0.4) is 0 Å². The maximum atomic E-state index is 13.6. The van der Waals surface area contributed by atoms with E-state index in [1.807, 2.05) is 12.1 Å². The molecular formula is C26H24FNO6. The molecule has 3 aromatic rings. The number of nitrogens with zero attached hydrogens (tertiary/aromatic N) is 1. The van der Waals surface area contributed by atoms with Gasteiger partial charge in [0.05, 0.1) is 20.3 Å². The fourth-order valence-electron chi connectivity index (χ4n) is 4.35. The van der Waals surface area contributed by atoms with Crippen molar-refractivity contribution < 1.29 is 32.9 Å². The van der Waals surface area contributed by atoms with E-state index in [4.69, 9.17) is 23.7 Å². The topological polar surface area (TPSA) is 66.5 Å². The molecule has 176 valence electrons. The van der Waals surface area contributed by atoms with Crippen LogP contribution in [0.2, 0.25) is 0 Å². The van der Waals surface area contributed by atoms with Gasteiger partial charge in [-0.05, 0) is 72.1 Å². The third kappa shape index (κ3) is 4.07. The number of benzene rings is 3. The lowest BCUT2D eigenvalue weighted by Gasteiger charge is -2.37. The van der Waals surface area contributed by atoms with E-state index in [2.05, 4.69) is 0 Å². The van der Waals surface area contributed by atoms with Crippen molar-refractivity contribution in [3.05, 3.63) is 77.1 Å². The number of amides is 1. The molecule has 1 amide bonds. The minimum absolute atomic E-state index is 0.139. The molecule has 0 saturated heterocycles. The second-order valence-electron chi connectivity index (χ2n) is 8.00. The molecular weight excluding hydrogens is 441 g/mol. The van der Waals surface area contributed by atoms with Crippen molar-refractivity contribution in [2.24, 2.45) is 0 Å². The number of carbonyl (C=O) groups excluding carboxylic acids is 1. The molecule has 2 aliphatic heterocycles. The quantitative estimate of drug-likeness (QED) is 0.538. The number of methoxy groups -OCH3 is 2. The van der Waals surface area contributed by atoms with E-state index in [0.29, 0.717) is 47.3 Å². The molecule has 0 radical (unpaired) electrons. The van der Waals surface area contributed by atoms with Crippen molar-refractivity contribution in [1.82, 2.24) is 4.90 Å². The molecule has 0 aromatic heterocycles. The highest BCUT2D eigenvalue weighted by molar-refractivity contribution is 5.95. The van der Waals surface area contributed by atoms with E-state index < -0.39 is 6.04 Å². The molecule has 1 unspecified atom stereocenters. The van der Waals surface area contributed by atoms with Crippen molar-refractivity contribution in [3.63, 3.8) is 0 Å². The molecule has 34 heavy (non-hydrogen) atoms. The number of ether oxygens (including phenoxy) is 5. The minimum Gasteiger partial charge on any atom is -0.493 e. The van der Waals surface area contributed by atoms with Crippen LogP contribution in [0.5, 0.6) is 28.7 Å². The highest BCUT2D eigenvalue weighted by Gasteiger charge is 2.34. The Balaban J connectivity index is 1.49. The van der Waals surface area contributed by atoms with E-state index in [9.17, 15) is 9.18 Å². The van der Waals surface area contributed by atoms with Gasteiger partial charge in [-0.3, -0.25) is 4.79 Å². The molecule has 0 spiro atoms. The number of hydrogen-bond acceptors (Lipinski definition) is 6. The van der Waals surface area contributed by atoms with Gasteiger partial charge in [0.15, 0.2) is 23.0 Å². The summed E-state index contributed by atoms with van der Waals surface area (Å²) in [6, 6.07) is 14.4. The summed E-state index contributed by atoms with van der Waals surface area (Å²) < 4.78 is 41.1. The average molecular weight is 465 g/mol. The van der Waals surface area contributed by atoms with Gasteiger partial charge >= 0.3 is 0 Å². The monoisotopic (exact) mass is 465 g/mol. The number of halogens is 1. The second kappa shape index (κ2) is 9.13. The molecule has 1 atom stereocenters. The van der Waals surface area contributed by atoms with Crippen LogP contribution in [0.4, 0.5) is 4.39 Å². The summed E-state index contributed by atoms with van der Waals surface area (Å²) in [6.45, 7) is 0.817. The molecule has 0 fully saturated rings. The van der Waals surface area contributed by atoms with Gasteiger partial charge in [0.1, 0.15) is 18.2 Å². The maximum absolute atomic E-state index is 13.6. The van der Waals surface area contributed by atoms with Crippen molar-refractivity contribution in [3.8, 4) is 28.7 Å². The number of carbonyl (C=O) groups is 1. The van der Waals surface area contributed by atoms with Crippen LogP contribution in [-0.2, 0) is 6.42 Å². The Hall–Kier alpha value is -3.94. The molecule has 0 aliphatic carbocycles. The van der Waals surface area contributed by atoms with Crippen LogP contribution < -0.4 is 23.7 Å². The largest absolute Gasteiger partial charge is 0.493 e. The zero-order valence-electron chi connectivity index (χ0n) is 18.9. The average Bonchev–Trinajstić information content (AvgIpc) is 3.35. The smallest absolute Gasteiger partial charge is 0.254 e. The van der Waals surface area contributed by atoms with Crippen molar-refractivity contribution in [2.45, 2.75) is 12.5 Å². The summed E-state index contributed by atoms with van der Waals surface area (Å²) in [4.78, 5) is 15.4. The first-order valence-electron chi connectivity index (χ1n) is 10.9. The fraction of sp³-hybridized carbons (Fsp3) is 0.269. The summed E-state index contributed by atoms with van der Waals surface area (Å²) in [6.07, 6.45) is 0.652. The zero-order valence-corrected chi connectivity index (χ0v) is 18.9. The van der Waals surface area contributed by atoms with Gasteiger partial charge in [0.2, 0.25) is 6.79 Å². The van der Waals surface area contributed by atoms with Gasteiger partial charge in [-0.2, -0.15) is 0 Å². The first kappa shape index (κ1) is 21.9. The predicted molar refractivity (Wildman–Crippen MR) is 121 cm³/mol. The number of fused-ring (bicyclic) bond motifs is 2. The van der Waals surface area contributed by atoms with Crippen LogP contribution in [0.25, 0.3) is 0 Å². The van der Waals surface area contributed by atoms with Crippen LogP contribution >= 0.6 is 0 Å². The first-order chi connectivity index (χ1) is 16.6. The molecule has 0 bridgehead atoms. The normalized spacial score (nSPS) is 16.1. The number of hydrogen-bond donors (Lipinski definition) is 0. The van der Waals surface area contributed by atoms with Gasteiger partial charge in [-0.15, -0.1) is 0 Å². The minimum atomic E-state index is -0.397. The SMILES string of the molecule is COc1cc2c(cc1OC)C(COc1ccc(F)cc1)N(C(=O)c1ccc3c(c1)OCO3)CC2. The summed E-state index contributed by atoms with van der Waals surface area (Å²) >= 11 is 0. The molecule has 3 aromatic carbocycles. The van der Waals surface area contributed by atoms with Gasteiger partial charge in [0, 0.05) is 12.1 Å². The Labute approximate surface area is 196 Å². The third-order valence-corrected chi connectivity index (χ3v) is 6.10. The van der Waals surface area contributed by atoms with Crippen LogP contribution in [0, 0.1) is 5.82 Å². The first-order valence-corrected chi connectivity index (χ1v) is 10.9. The Kier molecular flexibility index (Phi) is 5.88. The van der Waals surface area contributed by atoms with E-state index in [0.717, 1.165) is 11.1 Å². The molecule has 8 heteroatoms. The van der Waals surface area contributed by atoms with E-state index in [-0.39, 0.29) is 25.1 Å². The summed E-state index contributed by atoms with van der Waals surface area (Å²) in [5.74, 6) is 2.41. The Bertz CT molecular complexity index is 1210. The van der Waals surface area contributed by atoms with E-state index in [1.54, 1.807) is 49.5 Å². The molecule has 0 N–H and O–H groups in total. The molecule has 2 aliphatic rings. The van der Waals surface area contributed by atoms with Crippen molar-refractivity contribution in [1.29, 1.82) is 0 Å². The molecule has 0 saturated carbocycles. The summed E-state index contributed by atoms with van der Waals surface area (Å²) in [5, 5.41) is 0. The zero-order chi connectivity index (χ0) is 23.7. The van der Waals surface area contributed by atoms with Crippen molar-refractivity contribution in [2.75, 3.05) is 34.2 Å². The third-order valence-electron chi connectivity index (χ3n) is 6.10. The molecule has 2 heterocycles. The molecule has 7 nitrogen and oxygen atoms in total. The summed E-state index contributed by atoms with van der Waals surface area (Å²) in [5.41, 5.74) is 2.47. The Morgan fingerprint density at radius 2 is 1.74 bits per heavy atom. The lowest BCUT2D eigenvalue weighted by Crippen LogP contribution is -2.42. The number of rotatable bonds is 6. The fourth-order valence-corrected chi connectivity index (χ4v) is 4.35. The lowest BCUT2D eigenvalue weighted by molar-refractivity contribution is 0.0589. The predicted octanol–water partition coefficient (Wildman–Crippen LogP) is 4.39. The van der Waals surface area contributed by atoms with Gasteiger partial charge in [-0.1, -0.05) is 0 Å². The Morgan fingerprint density at radius 1 is 1.00 bits per heavy atom. The van der Waals surface area contributed by atoms with Gasteiger partial charge in [-0.25, -0.2) is 4.39 Å². The summed E-state index contributed by atoms with van der Waals surface area (Å²) in [7, 11) is 3.17. The highest BCUT2D eigenvalue weighted by atomic mass is 19.1. The van der Waals surface area contributed by atoms with Gasteiger partial charge in [0.25, 0.3) is 5.91 Å². The lowest BCUT2D eigenvalue weighted by atomic mass is 9.91. The van der Waals surface area contributed by atoms with E-state index >= 15 is 0 Å². The standard InChI is InChI=1S/C26H24FNO6/c1-30-23-11-16-9-10-28(26(29)17-3-8-22-25(12-17)34-15-33-22)21(20(16)13-24(23)31-2)14-32-19-6-4-18(27)5-7-19/h3-8,11-13,21H,9-10,14-15H2,1-2H3. The van der Waals surface area contributed by atoms with Crippen LogP contribution in [0.15, 0.2) is 54.6 Å². The second-order valence-corrected chi connectivity index (χ2v) is 8.00. The Morgan fingerprint density at radius 3 is 2.50 bits per heavy atom.